The molecule has 0 unspecified atom stereocenters. The van der Waals surface area contributed by atoms with Crippen LogP contribution in [0, 0.1) is 11.6 Å². The van der Waals surface area contributed by atoms with Crippen LogP contribution in [0.3, 0.4) is 0 Å². The molecule has 0 saturated carbocycles. The number of hydrogen-bond donors (Lipinski definition) is 1. The molecule has 0 aliphatic rings. The highest BCUT2D eigenvalue weighted by Crippen LogP contribution is 2.21. The normalized spacial score (nSPS) is 11.1. The molecule has 136 valence electrons. The number of benzene rings is 1. The molecule has 4 aromatic rings. The lowest BCUT2D eigenvalue weighted by Gasteiger charge is -2.08. The molecule has 0 saturated heterocycles. The van der Waals surface area contributed by atoms with Gasteiger partial charge >= 0.3 is 0 Å². The van der Waals surface area contributed by atoms with Crippen LogP contribution >= 0.6 is 0 Å². The molecule has 0 radical (unpaired) electrons. The molecule has 7 nitrogen and oxygen atoms in total. The molecule has 27 heavy (non-hydrogen) atoms. The zero-order valence-corrected chi connectivity index (χ0v) is 14.1. The lowest BCUT2D eigenvalue weighted by molar-refractivity contribution is 0.391. The van der Waals surface area contributed by atoms with Gasteiger partial charge in [0, 0.05) is 11.8 Å². The van der Waals surface area contributed by atoms with Gasteiger partial charge in [-0.2, -0.15) is 0 Å². The van der Waals surface area contributed by atoms with Crippen LogP contribution in [0.1, 0.15) is 5.56 Å². The van der Waals surface area contributed by atoms with Crippen LogP contribution in [0.25, 0.3) is 22.6 Å². The second-order valence-corrected chi connectivity index (χ2v) is 5.76. The number of halogens is 2. The molecule has 0 aliphatic heterocycles. The second kappa shape index (κ2) is 6.60. The summed E-state index contributed by atoms with van der Waals surface area (Å²) in [5.41, 5.74) is 0.428. The highest BCUT2D eigenvalue weighted by Gasteiger charge is 2.16. The van der Waals surface area contributed by atoms with Crippen molar-refractivity contribution >= 4 is 11.2 Å². The van der Waals surface area contributed by atoms with Crippen molar-refractivity contribution in [1.82, 2.24) is 24.5 Å². The third-order valence-corrected chi connectivity index (χ3v) is 4.05. The number of H-pyrrole nitrogens is 1. The fourth-order valence-corrected chi connectivity index (χ4v) is 2.82. The van der Waals surface area contributed by atoms with Crippen LogP contribution < -0.4 is 10.3 Å². The molecule has 0 spiro atoms. The van der Waals surface area contributed by atoms with E-state index in [1.807, 2.05) is 6.07 Å². The Balaban J connectivity index is 1.81. The maximum absolute atomic E-state index is 14.0. The molecule has 0 bridgehead atoms. The van der Waals surface area contributed by atoms with E-state index in [1.165, 1.54) is 13.4 Å². The molecule has 9 heteroatoms. The third-order valence-electron chi connectivity index (χ3n) is 4.05. The van der Waals surface area contributed by atoms with Crippen LogP contribution in [0.4, 0.5) is 8.78 Å². The van der Waals surface area contributed by atoms with Crippen LogP contribution in [-0.2, 0) is 6.54 Å². The van der Waals surface area contributed by atoms with Crippen LogP contribution in [-0.4, -0.2) is 31.6 Å². The van der Waals surface area contributed by atoms with Gasteiger partial charge in [0.15, 0.2) is 11.2 Å². The van der Waals surface area contributed by atoms with Gasteiger partial charge < -0.3 is 14.3 Å². The van der Waals surface area contributed by atoms with Gasteiger partial charge in [0.25, 0.3) is 5.56 Å². The SMILES string of the molecule is COc1ncccc1Cn1cnc2nc(-c3cc(F)ccc3F)[nH]c(=O)c21. The summed E-state index contributed by atoms with van der Waals surface area (Å²) in [5.74, 6) is -0.988. The van der Waals surface area contributed by atoms with Crippen molar-refractivity contribution in [3.05, 3.63) is 70.4 Å². The summed E-state index contributed by atoms with van der Waals surface area (Å²) in [6.07, 6.45) is 3.05. The van der Waals surface area contributed by atoms with Gasteiger partial charge in [0.2, 0.25) is 5.88 Å². The van der Waals surface area contributed by atoms with E-state index in [0.717, 1.165) is 23.8 Å². The first-order chi connectivity index (χ1) is 13.1. The Morgan fingerprint density at radius 2 is 2.07 bits per heavy atom. The molecule has 4 rings (SSSR count). The number of pyridine rings is 1. The predicted octanol–water partition coefficient (Wildman–Crippen LogP) is 2.52. The van der Waals surface area contributed by atoms with E-state index in [0.29, 0.717) is 5.88 Å². The lowest BCUT2D eigenvalue weighted by atomic mass is 10.2. The van der Waals surface area contributed by atoms with Gasteiger partial charge in [-0.25, -0.2) is 23.7 Å². The summed E-state index contributed by atoms with van der Waals surface area (Å²) in [4.78, 5) is 27.5. The highest BCUT2D eigenvalue weighted by atomic mass is 19.1. The van der Waals surface area contributed by atoms with Crippen LogP contribution in [0.5, 0.6) is 5.88 Å². The zero-order chi connectivity index (χ0) is 19.0. The largest absolute Gasteiger partial charge is 0.481 e. The summed E-state index contributed by atoms with van der Waals surface area (Å²) in [6, 6.07) is 6.50. The molecular weight excluding hydrogens is 356 g/mol. The summed E-state index contributed by atoms with van der Waals surface area (Å²) in [5, 5.41) is 0. The Kier molecular flexibility index (Phi) is 4.11. The Bertz CT molecular complexity index is 1200. The minimum absolute atomic E-state index is 0.0892. The number of rotatable bonds is 4. The highest BCUT2D eigenvalue weighted by molar-refractivity contribution is 5.73. The standard InChI is InChI=1S/C18H13F2N5O2/c1-27-18-10(3-2-6-21-18)8-25-9-22-16-14(25)17(26)24-15(23-16)12-7-11(19)4-5-13(12)20/h2-7,9H,8H2,1H3,(H,23,24,26). The molecule has 0 amide bonds. The molecule has 3 aromatic heterocycles. The fourth-order valence-electron chi connectivity index (χ4n) is 2.82. The fraction of sp³-hybridized carbons (Fsp3) is 0.111. The Hall–Kier alpha value is -3.62. The van der Waals surface area contributed by atoms with Gasteiger partial charge in [-0.05, 0) is 24.3 Å². The summed E-state index contributed by atoms with van der Waals surface area (Å²) >= 11 is 0. The van der Waals surface area contributed by atoms with Crippen molar-refractivity contribution in [3.63, 3.8) is 0 Å². The first-order valence-corrected chi connectivity index (χ1v) is 7.95. The number of fused-ring (bicyclic) bond motifs is 1. The molecule has 0 fully saturated rings. The van der Waals surface area contributed by atoms with Gasteiger partial charge in [-0.15, -0.1) is 0 Å². The maximum Gasteiger partial charge on any atom is 0.277 e. The van der Waals surface area contributed by atoms with E-state index >= 15 is 0 Å². The number of aromatic nitrogens is 5. The summed E-state index contributed by atoms with van der Waals surface area (Å²) < 4.78 is 34.2. The average Bonchev–Trinajstić information content (AvgIpc) is 3.07. The van der Waals surface area contributed by atoms with E-state index in [-0.39, 0.29) is 29.1 Å². The van der Waals surface area contributed by atoms with Crippen molar-refractivity contribution in [2.45, 2.75) is 6.54 Å². The summed E-state index contributed by atoms with van der Waals surface area (Å²) in [7, 11) is 1.51. The first-order valence-electron chi connectivity index (χ1n) is 7.95. The van der Waals surface area contributed by atoms with Crippen molar-refractivity contribution in [3.8, 4) is 17.3 Å². The van der Waals surface area contributed by atoms with Gasteiger partial charge in [0.1, 0.15) is 17.5 Å². The van der Waals surface area contributed by atoms with E-state index in [4.69, 9.17) is 4.74 Å². The number of hydrogen-bond acceptors (Lipinski definition) is 5. The second-order valence-electron chi connectivity index (χ2n) is 5.76. The topological polar surface area (TPSA) is 85.7 Å². The Morgan fingerprint density at radius 1 is 1.22 bits per heavy atom. The van der Waals surface area contributed by atoms with Crippen molar-refractivity contribution in [2.24, 2.45) is 0 Å². The minimum atomic E-state index is -0.696. The van der Waals surface area contributed by atoms with E-state index in [9.17, 15) is 13.6 Å². The Morgan fingerprint density at radius 3 is 2.89 bits per heavy atom. The first kappa shape index (κ1) is 16.8. The predicted molar refractivity (Wildman–Crippen MR) is 93.4 cm³/mol. The number of nitrogens with zero attached hydrogens (tertiary/aromatic N) is 4. The van der Waals surface area contributed by atoms with E-state index < -0.39 is 17.2 Å². The molecule has 1 aromatic carbocycles. The van der Waals surface area contributed by atoms with Crippen molar-refractivity contribution in [1.29, 1.82) is 0 Å². The maximum atomic E-state index is 14.0. The van der Waals surface area contributed by atoms with Gasteiger partial charge in [-0.1, -0.05) is 6.07 Å². The molecule has 1 N–H and O–H groups in total. The number of methoxy groups -OCH3 is 1. The quantitative estimate of drug-likeness (QED) is 0.597. The average molecular weight is 369 g/mol. The van der Waals surface area contributed by atoms with Crippen molar-refractivity contribution in [2.75, 3.05) is 7.11 Å². The van der Waals surface area contributed by atoms with Crippen LogP contribution in [0.2, 0.25) is 0 Å². The van der Waals surface area contributed by atoms with E-state index in [2.05, 4.69) is 19.9 Å². The number of aromatic amines is 1. The molecule has 3 heterocycles. The third kappa shape index (κ3) is 3.03. The monoisotopic (exact) mass is 369 g/mol. The van der Waals surface area contributed by atoms with Gasteiger partial charge in [-0.3, -0.25) is 4.79 Å². The lowest BCUT2D eigenvalue weighted by Crippen LogP contribution is -2.14. The van der Waals surface area contributed by atoms with Crippen molar-refractivity contribution < 1.29 is 13.5 Å². The van der Waals surface area contributed by atoms with Gasteiger partial charge in [0.05, 0.1) is 25.5 Å². The Labute approximate surface area is 151 Å². The van der Waals surface area contributed by atoms with Crippen LogP contribution in [0.15, 0.2) is 47.7 Å². The number of nitrogens with one attached hydrogen (secondary N) is 1. The summed E-state index contributed by atoms with van der Waals surface area (Å²) in [6.45, 7) is 0.284. The molecule has 0 atom stereocenters. The number of ether oxygens (including phenoxy) is 1. The minimum Gasteiger partial charge on any atom is -0.481 e. The van der Waals surface area contributed by atoms with E-state index in [1.54, 1.807) is 16.8 Å². The number of imidazole rings is 1. The molecule has 0 aliphatic carbocycles. The molecular formula is C18H13F2N5O2. The zero-order valence-electron chi connectivity index (χ0n) is 14.1. The smallest absolute Gasteiger partial charge is 0.277 e.